The van der Waals surface area contributed by atoms with Crippen LogP contribution in [0.25, 0.3) is 0 Å². The molecule has 78 valence electrons. The SMILES string of the molecule is CC(C)NC(=O)Cn1cccc1CN. The van der Waals surface area contributed by atoms with Crippen molar-refractivity contribution in [1.82, 2.24) is 9.88 Å². The molecule has 0 saturated carbocycles. The van der Waals surface area contributed by atoms with Crippen molar-refractivity contribution in [1.29, 1.82) is 0 Å². The monoisotopic (exact) mass is 195 g/mol. The zero-order chi connectivity index (χ0) is 10.6. The van der Waals surface area contributed by atoms with Crippen LogP contribution in [-0.2, 0) is 17.9 Å². The number of amides is 1. The average molecular weight is 195 g/mol. The van der Waals surface area contributed by atoms with Gasteiger partial charge in [0.15, 0.2) is 0 Å². The molecule has 1 aromatic heterocycles. The molecule has 1 rings (SSSR count). The van der Waals surface area contributed by atoms with Crippen molar-refractivity contribution >= 4 is 5.91 Å². The van der Waals surface area contributed by atoms with Crippen LogP contribution in [0.5, 0.6) is 0 Å². The minimum Gasteiger partial charge on any atom is -0.352 e. The molecule has 1 heterocycles. The highest BCUT2D eigenvalue weighted by atomic mass is 16.2. The highest BCUT2D eigenvalue weighted by molar-refractivity contribution is 5.76. The van der Waals surface area contributed by atoms with Gasteiger partial charge in [-0.3, -0.25) is 4.79 Å². The van der Waals surface area contributed by atoms with Gasteiger partial charge < -0.3 is 15.6 Å². The zero-order valence-electron chi connectivity index (χ0n) is 8.66. The Hall–Kier alpha value is -1.29. The van der Waals surface area contributed by atoms with E-state index in [0.717, 1.165) is 5.69 Å². The lowest BCUT2D eigenvalue weighted by molar-refractivity contribution is -0.122. The predicted octanol–water partition coefficient (Wildman–Crippen LogP) is 0.471. The lowest BCUT2D eigenvalue weighted by Crippen LogP contribution is -2.33. The second kappa shape index (κ2) is 4.81. The van der Waals surface area contributed by atoms with E-state index in [9.17, 15) is 4.79 Å². The Kier molecular flexibility index (Phi) is 3.71. The minimum atomic E-state index is 0.0194. The molecular weight excluding hydrogens is 178 g/mol. The Morgan fingerprint density at radius 2 is 2.36 bits per heavy atom. The van der Waals surface area contributed by atoms with Gasteiger partial charge in [-0.2, -0.15) is 0 Å². The maximum Gasteiger partial charge on any atom is 0.240 e. The molecule has 0 aromatic carbocycles. The van der Waals surface area contributed by atoms with Crippen molar-refractivity contribution in [2.24, 2.45) is 5.73 Å². The van der Waals surface area contributed by atoms with Crippen LogP contribution in [0.3, 0.4) is 0 Å². The highest BCUT2D eigenvalue weighted by Gasteiger charge is 2.05. The first kappa shape index (κ1) is 10.8. The van der Waals surface area contributed by atoms with E-state index >= 15 is 0 Å². The van der Waals surface area contributed by atoms with E-state index in [4.69, 9.17) is 5.73 Å². The standard InChI is InChI=1S/C10H17N3O/c1-8(2)12-10(14)7-13-5-3-4-9(13)6-11/h3-5,8H,6-7,11H2,1-2H3,(H,12,14). The van der Waals surface area contributed by atoms with Crippen molar-refractivity contribution in [2.75, 3.05) is 0 Å². The van der Waals surface area contributed by atoms with E-state index in [0.29, 0.717) is 13.1 Å². The number of carbonyl (C=O) groups excluding carboxylic acids is 1. The Bertz CT molecular complexity index is 304. The molecule has 0 bridgehead atoms. The van der Waals surface area contributed by atoms with Crippen LogP contribution in [-0.4, -0.2) is 16.5 Å². The molecule has 1 aromatic rings. The molecule has 0 saturated heterocycles. The third-order valence-corrected chi connectivity index (χ3v) is 1.90. The molecular formula is C10H17N3O. The molecule has 0 aliphatic rings. The van der Waals surface area contributed by atoms with Gasteiger partial charge in [-0.1, -0.05) is 0 Å². The third kappa shape index (κ3) is 2.88. The first-order valence-corrected chi connectivity index (χ1v) is 4.77. The Morgan fingerprint density at radius 3 is 2.93 bits per heavy atom. The van der Waals surface area contributed by atoms with E-state index in [-0.39, 0.29) is 11.9 Å². The molecule has 14 heavy (non-hydrogen) atoms. The molecule has 0 radical (unpaired) electrons. The molecule has 0 aliphatic carbocycles. The van der Waals surface area contributed by atoms with E-state index < -0.39 is 0 Å². The highest BCUT2D eigenvalue weighted by Crippen LogP contribution is 2.00. The van der Waals surface area contributed by atoms with Crippen LogP contribution < -0.4 is 11.1 Å². The van der Waals surface area contributed by atoms with E-state index in [1.165, 1.54) is 0 Å². The largest absolute Gasteiger partial charge is 0.352 e. The summed E-state index contributed by atoms with van der Waals surface area (Å²) < 4.78 is 1.86. The number of nitrogens with one attached hydrogen (secondary N) is 1. The fourth-order valence-corrected chi connectivity index (χ4v) is 1.31. The average Bonchev–Trinajstić information content (AvgIpc) is 2.50. The summed E-state index contributed by atoms with van der Waals surface area (Å²) in [5.41, 5.74) is 6.50. The van der Waals surface area contributed by atoms with Crippen molar-refractivity contribution in [3.63, 3.8) is 0 Å². The van der Waals surface area contributed by atoms with Crippen molar-refractivity contribution in [3.05, 3.63) is 24.0 Å². The van der Waals surface area contributed by atoms with Gasteiger partial charge in [0.1, 0.15) is 6.54 Å². The van der Waals surface area contributed by atoms with Crippen LogP contribution in [0.15, 0.2) is 18.3 Å². The Labute approximate surface area is 84.1 Å². The summed E-state index contributed by atoms with van der Waals surface area (Å²) in [5.74, 6) is 0.0194. The van der Waals surface area contributed by atoms with E-state index in [2.05, 4.69) is 5.32 Å². The topological polar surface area (TPSA) is 60.0 Å². The summed E-state index contributed by atoms with van der Waals surface area (Å²) in [6.07, 6.45) is 1.86. The molecule has 1 amide bonds. The van der Waals surface area contributed by atoms with Gasteiger partial charge in [-0.25, -0.2) is 0 Å². The van der Waals surface area contributed by atoms with E-state index in [1.54, 1.807) is 0 Å². The smallest absolute Gasteiger partial charge is 0.240 e. The van der Waals surface area contributed by atoms with E-state index in [1.807, 2.05) is 36.7 Å². The number of hydrogen-bond acceptors (Lipinski definition) is 2. The Morgan fingerprint density at radius 1 is 1.64 bits per heavy atom. The quantitative estimate of drug-likeness (QED) is 0.733. The second-order valence-corrected chi connectivity index (χ2v) is 3.55. The fourth-order valence-electron chi connectivity index (χ4n) is 1.31. The van der Waals surface area contributed by atoms with Gasteiger partial charge in [0.2, 0.25) is 5.91 Å². The van der Waals surface area contributed by atoms with Crippen LogP contribution in [0, 0.1) is 0 Å². The summed E-state index contributed by atoms with van der Waals surface area (Å²) in [6.45, 7) is 4.69. The summed E-state index contributed by atoms with van der Waals surface area (Å²) in [7, 11) is 0. The molecule has 0 unspecified atom stereocenters. The maximum atomic E-state index is 11.4. The van der Waals surface area contributed by atoms with Crippen LogP contribution in [0.2, 0.25) is 0 Å². The van der Waals surface area contributed by atoms with Crippen molar-refractivity contribution < 1.29 is 4.79 Å². The second-order valence-electron chi connectivity index (χ2n) is 3.55. The van der Waals surface area contributed by atoms with Crippen molar-refractivity contribution in [2.45, 2.75) is 33.0 Å². The summed E-state index contributed by atoms with van der Waals surface area (Å²) in [5, 5.41) is 2.83. The van der Waals surface area contributed by atoms with Gasteiger partial charge >= 0.3 is 0 Å². The summed E-state index contributed by atoms with van der Waals surface area (Å²) in [4.78, 5) is 11.4. The van der Waals surface area contributed by atoms with Crippen molar-refractivity contribution in [3.8, 4) is 0 Å². The third-order valence-electron chi connectivity index (χ3n) is 1.90. The number of aromatic nitrogens is 1. The van der Waals surface area contributed by atoms with Gasteiger partial charge in [-0.15, -0.1) is 0 Å². The lowest BCUT2D eigenvalue weighted by atomic mass is 10.4. The van der Waals surface area contributed by atoms with Gasteiger partial charge in [0, 0.05) is 24.5 Å². The first-order valence-electron chi connectivity index (χ1n) is 4.77. The van der Waals surface area contributed by atoms with Gasteiger partial charge in [0.25, 0.3) is 0 Å². The molecule has 0 atom stereocenters. The molecule has 3 N–H and O–H groups in total. The minimum absolute atomic E-state index is 0.0194. The molecule has 0 aliphatic heterocycles. The van der Waals surface area contributed by atoms with Gasteiger partial charge in [-0.05, 0) is 26.0 Å². The normalized spacial score (nSPS) is 10.6. The number of carbonyl (C=O) groups is 1. The molecule has 4 nitrogen and oxygen atoms in total. The maximum absolute atomic E-state index is 11.4. The number of nitrogens with two attached hydrogens (primary N) is 1. The molecule has 0 spiro atoms. The lowest BCUT2D eigenvalue weighted by Gasteiger charge is -2.10. The zero-order valence-corrected chi connectivity index (χ0v) is 8.66. The van der Waals surface area contributed by atoms with Crippen LogP contribution in [0.4, 0.5) is 0 Å². The Balaban J connectivity index is 2.55. The van der Waals surface area contributed by atoms with Gasteiger partial charge in [0.05, 0.1) is 0 Å². The van der Waals surface area contributed by atoms with Crippen LogP contribution >= 0.6 is 0 Å². The number of hydrogen-bond donors (Lipinski definition) is 2. The van der Waals surface area contributed by atoms with Crippen LogP contribution in [0.1, 0.15) is 19.5 Å². The first-order chi connectivity index (χ1) is 6.63. The molecule has 4 heteroatoms. The number of rotatable bonds is 4. The summed E-state index contributed by atoms with van der Waals surface area (Å²) >= 11 is 0. The summed E-state index contributed by atoms with van der Waals surface area (Å²) in [6, 6.07) is 3.99. The number of nitrogens with zero attached hydrogens (tertiary/aromatic N) is 1. The molecule has 0 fully saturated rings. The fraction of sp³-hybridized carbons (Fsp3) is 0.500. The predicted molar refractivity (Wildman–Crippen MR) is 55.6 cm³/mol.